The van der Waals surface area contributed by atoms with Gasteiger partial charge in [-0.3, -0.25) is 4.79 Å². The van der Waals surface area contributed by atoms with Gasteiger partial charge in [0.1, 0.15) is 22.9 Å². The van der Waals surface area contributed by atoms with Crippen LogP contribution in [0.4, 0.5) is 4.39 Å². The average molecular weight is 305 g/mol. The summed E-state index contributed by atoms with van der Waals surface area (Å²) in [4.78, 5) is 11.8. The third-order valence-corrected chi connectivity index (χ3v) is 3.49. The Bertz CT molecular complexity index is 632. The third-order valence-electron chi connectivity index (χ3n) is 3.49. The highest BCUT2D eigenvalue weighted by Crippen LogP contribution is 2.20. The number of aryl methyl sites for hydroxylation is 2. The molecule has 2 aromatic rings. The highest BCUT2D eigenvalue weighted by molar-refractivity contribution is 5.76. The number of aliphatic hydroxyl groups is 1. The van der Waals surface area contributed by atoms with Crippen LogP contribution in [0.5, 0.6) is 0 Å². The van der Waals surface area contributed by atoms with Crippen molar-refractivity contribution >= 4 is 5.91 Å². The SMILES string of the molecule is Cc1ccc(CCC(=O)NCC(C)(O)c2ccc(F)cc2)o1. The number of rotatable bonds is 6. The molecule has 2 rings (SSSR count). The van der Waals surface area contributed by atoms with Gasteiger partial charge < -0.3 is 14.8 Å². The summed E-state index contributed by atoms with van der Waals surface area (Å²) in [5.41, 5.74) is -0.694. The summed E-state index contributed by atoms with van der Waals surface area (Å²) < 4.78 is 18.3. The molecule has 0 aliphatic rings. The molecule has 2 N–H and O–H groups in total. The monoisotopic (exact) mass is 305 g/mol. The van der Waals surface area contributed by atoms with Gasteiger partial charge in [-0.2, -0.15) is 0 Å². The molecule has 1 heterocycles. The van der Waals surface area contributed by atoms with Crippen molar-refractivity contribution in [3.63, 3.8) is 0 Å². The summed E-state index contributed by atoms with van der Waals surface area (Å²) >= 11 is 0. The van der Waals surface area contributed by atoms with Gasteiger partial charge in [0.15, 0.2) is 0 Å². The largest absolute Gasteiger partial charge is 0.466 e. The molecule has 1 unspecified atom stereocenters. The van der Waals surface area contributed by atoms with Gasteiger partial charge in [-0.15, -0.1) is 0 Å². The lowest BCUT2D eigenvalue weighted by Gasteiger charge is -2.24. The third kappa shape index (κ3) is 4.43. The fourth-order valence-electron chi connectivity index (χ4n) is 2.13. The Morgan fingerprint density at radius 3 is 2.55 bits per heavy atom. The van der Waals surface area contributed by atoms with E-state index in [9.17, 15) is 14.3 Å². The van der Waals surface area contributed by atoms with Crippen molar-refractivity contribution in [3.8, 4) is 0 Å². The number of nitrogens with one attached hydrogen (secondary N) is 1. The standard InChI is InChI=1S/C17H20FNO3/c1-12-3-8-15(22-12)9-10-16(20)19-11-17(2,21)13-4-6-14(18)7-5-13/h3-8,21H,9-11H2,1-2H3,(H,19,20). The lowest BCUT2D eigenvalue weighted by atomic mass is 9.96. The van der Waals surface area contributed by atoms with E-state index in [0.717, 1.165) is 11.5 Å². The van der Waals surface area contributed by atoms with E-state index in [1.54, 1.807) is 6.92 Å². The highest BCUT2D eigenvalue weighted by atomic mass is 19.1. The first kappa shape index (κ1) is 16.2. The van der Waals surface area contributed by atoms with Gasteiger partial charge >= 0.3 is 0 Å². The summed E-state index contributed by atoms with van der Waals surface area (Å²) in [5, 5.41) is 13.0. The molecule has 0 aliphatic heterocycles. The molecule has 0 saturated carbocycles. The average Bonchev–Trinajstić information content (AvgIpc) is 2.89. The Labute approximate surface area is 129 Å². The van der Waals surface area contributed by atoms with E-state index in [2.05, 4.69) is 5.32 Å². The summed E-state index contributed by atoms with van der Waals surface area (Å²) in [6.45, 7) is 3.49. The molecule has 0 saturated heterocycles. The zero-order valence-corrected chi connectivity index (χ0v) is 12.7. The van der Waals surface area contributed by atoms with Crippen LogP contribution in [0.1, 0.15) is 30.4 Å². The molecule has 0 bridgehead atoms. The molecule has 5 heteroatoms. The minimum absolute atomic E-state index is 0.0641. The molecule has 1 atom stereocenters. The van der Waals surface area contributed by atoms with Crippen molar-refractivity contribution < 1.29 is 18.7 Å². The molecule has 22 heavy (non-hydrogen) atoms. The molecule has 1 aromatic carbocycles. The molecule has 1 amide bonds. The van der Waals surface area contributed by atoms with E-state index in [0.29, 0.717) is 12.0 Å². The predicted molar refractivity (Wildman–Crippen MR) is 80.7 cm³/mol. The number of carbonyl (C=O) groups excluding carboxylic acids is 1. The molecule has 0 aliphatic carbocycles. The maximum absolute atomic E-state index is 12.9. The van der Waals surface area contributed by atoms with Crippen molar-refractivity contribution in [2.45, 2.75) is 32.3 Å². The van der Waals surface area contributed by atoms with Gasteiger partial charge in [0.05, 0.1) is 6.54 Å². The normalized spacial score (nSPS) is 13.6. The highest BCUT2D eigenvalue weighted by Gasteiger charge is 2.23. The summed E-state index contributed by atoms with van der Waals surface area (Å²) in [7, 11) is 0. The topological polar surface area (TPSA) is 62.5 Å². The van der Waals surface area contributed by atoms with E-state index >= 15 is 0 Å². The van der Waals surface area contributed by atoms with Crippen LogP contribution in [0, 0.1) is 12.7 Å². The minimum atomic E-state index is -1.25. The van der Waals surface area contributed by atoms with Gasteiger partial charge in [-0.1, -0.05) is 12.1 Å². The number of hydrogen-bond donors (Lipinski definition) is 2. The second kappa shape index (κ2) is 6.75. The summed E-state index contributed by atoms with van der Waals surface area (Å²) in [6, 6.07) is 9.28. The Morgan fingerprint density at radius 2 is 1.95 bits per heavy atom. The smallest absolute Gasteiger partial charge is 0.220 e. The Balaban J connectivity index is 1.83. The van der Waals surface area contributed by atoms with Crippen LogP contribution in [0.25, 0.3) is 0 Å². The van der Waals surface area contributed by atoms with Crippen molar-refractivity contribution in [1.82, 2.24) is 5.32 Å². The molecule has 0 fully saturated rings. The van der Waals surface area contributed by atoms with E-state index in [1.807, 2.05) is 19.1 Å². The van der Waals surface area contributed by atoms with Crippen molar-refractivity contribution in [2.75, 3.05) is 6.54 Å². The van der Waals surface area contributed by atoms with Crippen molar-refractivity contribution in [2.24, 2.45) is 0 Å². The van der Waals surface area contributed by atoms with Crippen molar-refractivity contribution in [1.29, 1.82) is 0 Å². The fourth-order valence-corrected chi connectivity index (χ4v) is 2.13. The van der Waals surface area contributed by atoms with Gasteiger partial charge in [-0.25, -0.2) is 4.39 Å². The predicted octanol–water partition coefficient (Wildman–Crippen LogP) is 2.68. The van der Waals surface area contributed by atoms with E-state index in [4.69, 9.17) is 4.42 Å². The molecule has 4 nitrogen and oxygen atoms in total. The molecule has 1 aromatic heterocycles. The van der Waals surface area contributed by atoms with Crippen LogP contribution in [-0.4, -0.2) is 17.6 Å². The number of amides is 1. The van der Waals surface area contributed by atoms with Gasteiger partial charge in [0.2, 0.25) is 5.91 Å². The second-order valence-corrected chi connectivity index (χ2v) is 5.57. The minimum Gasteiger partial charge on any atom is -0.466 e. The van der Waals surface area contributed by atoms with Crippen LogP contribution in [0.2, 0.25) is 0 Å². The zero-order chi connectivity index (χ0) is 16.2. The van der Waals surface area contributed by atoms with Crippen LogP contribution in [-0.2, 0) is 16.8 Å². The maximum Gasteiger partial charge on any atom is 0.220 e. The van der Waals surface area contributed by atoms with E-state index < -0.39 is 5.60 Å². The quantitative estimate of drug-likeness (QED) is 0.862. The first-order valence-corrected chi connectivity index (χ1v) is 7.17. The lowest BCUT2D eigenvalue weighted by molar-refractivity contribution is -0.122. The van der Waals surface area contributed by atoms with Crippen LogP contribution in [0.3, 0.4) is 0 Å². The van der Waals surface area contributed by atoms with Gasteiger partial charge in [0, 0.05) is 12.8 Å². The second-order valence-electron chi connectivity index (χ2n) is 5.57. The van der Waals surface area contributed by atoms with Gasteiger partial charge in [-0.05, 0) is 43.7 Å². The van der Waals surface area contributed by atoms with Gasteiger partial charge in [0.25, 0.3) is 0 Å². The Hall–Kier alpha value is -2.14. The first-order valence-electron chi connectivity index (χ1n) is 7.17. The van der Waals surface area contributed by atoms with Crippen molar-refractivity contribution in [3.05, 3.63) is 59.3 Å². The maximum atomic E-state index is 12.9. The number of carbonyl (C=O) groups is 1. The van der Waals surface area contributed by atoms with E-state index in [1.165, 1.54) is 24.3 Å². The Kier molecular flexibility index (Phi) is 4.98. The molecular weight excluding hydrogens is 285 g/mol. The number of hydrogen-bond acceptors (Lipinski definition) is 3. The first-order chi connectivity index (χ1) is 10.4. The molecule has 0 spiro atoms. The van der Waals surface area contributed by atoms with Crippen LogP contribution in [0.15, 0.2) is 40.8 Å². The Morgan fingerprint density at radius 1 is 1.27 bits per heavy atom. The molecule has 118 valence electrons. The molecule has 0 radical (unpaired) electrons. The number of halogens is 1. The van der Waals surface area contributed by atoms with Crippen LogP contribution >= 0.6 is 0 Å². The van der Waals surface area contributed by atoms with Crippen LogP contribution < -0.4 is 5.32 Å². The summed E-state index contributed by atoms with van der Waals surface area (Å²) in [5.74, 6) is 1.04. The zero-order valence-electron chi connectivity index (χ0n) is 12.7. The van der Waals surface area contributed by atoms with E-state index in [-0.39, 0.29) is 24.7 Å². The summed E-state index contributed by atoms with van der Waals surface area (Å²) in [6.07, 6.45) is 0.796. The fraction of sp³-hybridized carbons (Fsp3) is 0.353. The molecular formula is C17H20FNO3. The lowest BCUT2D eigenvalue weighted by Crippen LogP contribution is -2.38. The number of furan rings is 1. The number of benzene rings is 1.